The number of halogens is 2. The zero-order chi connectivity index (χ0) is 23.5. The topological polar surface area (TPSA) is 93.1 Å². The Morgan fingerprint density at radius 1 is 1.09 bits per heavy atom. The molecule has 2 N–H and O–H groups in total. The highest BCUT2D eigenvalue weighted by molar-refractivity contribution is 7.14. The summed E-state index contributed by atoms with van der Waals surface area (Å²) in [6, 6.07) is 14.2. The number of imidazole rings is 1. The van der Waals surface area contributed by atoms with Crippen molar-refractivity contribution in [2.75, 3.05) is 10.6 Å². The fraction of sp³-hybridized carbons (Fsp3) is 0.0435. The smallest absolute Gasteiger partial charge is 0.272 e. The van der Waals surface area contributed by atoms with Crippen LogP contribution in [0.5, 0.6) is 0 Å². The summed E-state index contributed by atoms with van der Waals surface area (Å²) >= 11 is 0.692. The van der Waals surface area contributed by atoms with E-state index in [1.807, 2.05) is 0 Å². The standard InChI is InChI=1S/C23H16F2N4O3S/c1-2-20(31)26-14-4-3-5-15(11-14)29-17-7-6-13(12-30)10-16(17)27-23(29)28-22(32)19-9-8-18(33-19)21(24)25/h2-12,21H,1H2,(H,26,31)(H,27,28,32). The number of anilines is 2. The summed E-state index contributed by atoms with van der Waals surface area (Å²) in [6.45, 7) is 3.43. The van der Waals surface area contributed by atoms with Crippen LogP contribution in [0.3, 0.4) is 0 Å². The monoisotopic (exact) mass is 466 g/mol. The van der Waals surface area contributed by atoms with Gasteiger partial charge in [-0.2, -0.15) is 0 Å². The minimum atomic E-state index is -2.67. The lowest BCUT2D eigenvalue weighted by molar-refractivity contribution is -0.111. The van der Waals surface area contributed by atoms with Crippen molar-refractivity contribution in [3.63, 3.8) is 0 Å². The maximum absolute atomic E-state index is 12.9. The average molecular weight is 466 g/mol. The minimum Gasteiger partial charge on any atom is -0.322 e. The number of carbonyl (C=O) groups is 3. The number of thiophene rings is 1. The molecular formula is C23H16F2N4O3S. The van der Waals surface area contributed by atoms with Crippen molar-refractivity contribution in [1.29, 1.82) is 0 Å². The average Bonchev–Trinajstić information content (AvgIpc) is 3.43. The first-order chi connectivity index (χ1) is 15.9. The van der Waals surface area contributed by atoms with Gasteiger partial charge in [0.15, 0.2) is 0 Å². The molecule has 0 radical (unpaired) electrons. The lowest BCUT2D eigenvalue weighted by atomic mass is 10.2. The van der Waals surface area contributed by atoms with Crippen LogP contribution in [-0.4, -0.2) is 27.7 Å². The molecule has 4 aromatic rings. The predicted octanol–water partition coefficient (Wildman–Crippen LogP) is 5.21. The highest BCUT2D eigenvalue weighted by Gasteiger charge is 2.19. The lowest BCUT2D eigenvalue weighted by Crippen LogP contribution is -2.14. The molecule has 0 fully saturated rings. The number of amides is 2. The number of hydrogen-bond donors (Lipinski definition) is 2. The van der Waals surface area contributed by atoms with Gasteiger partial charge in [0.05, 0.1) is 26.5 Å². The molecule has 7 nitrogen and oxygen atoms in total. The van der Waals surface area contributed by atoms with Crippen molar-refractivity contribution in [3.8, 4) is 5.69 Å². The fourth-order valence-electron chi connectivity index (χ4n) is 3.19. The van der Waals surface area contributed by atoms with E-state index < -0.39 is 12.3 Å². The maximum atomic E-state index is 12.9. The van der Waals surface area contributed by atoms with Crippen molar-refractivity contribution >= 4 is 52.1 Å². The molecule has 0 aliphatic heterocycles. The number of nitrogens with zero attached hydrogens (tertiary/aromatic N) is 2. The first-order valence-corrected chi connectivity index (χ1v) is 10.4. The van der Waals surface area contributed by atoms with Crippen LogP contribution >= 0.6 is 11.3 Å². The van der Waals surface area contributed by atoms with Crippen LogP contribution in [0.1, 0.15) is 31.3 Å². The molecule has 2 aromatic heterocycles. The Bertz CT molecular complexity index is 1390. The third-order valence-corrected chi connectivity index (χ3v) is 5.75. The molecule has 0 atom stereocenters. The van der Waals surface area contributed by atoms with E-state index >= 15 is 0 Å². The van der Waals surface area contributed by atoms with Crippen LogP contribution in [0.15, 0.2) is 67.3 Å². The summed E-state index contributed by atoms with van der Waals surface area (Å²) in [5, 5.41) is 5.33. The van der Waals surface area contributed by atoms with Gasteiger partial charge in [-0.05, 0) is 54.6 Å². The van der Waals surface area contributed by atoms with Gasteiger partial charge in [0, 0.05) is 11.3 Å². The SMILES string of the molecule is C=CC(=O)Nc1cccc(-n2c(NC(=O)c3ccc(C(F)F)s3)nc3cc(C=O)ccc32)c1. The molecule has 0 aliphatic carbocycles. The summed E-state index contributed by atoms with van der Waals surface area (Å²) in [5.74, 6) is -0.869. The number of fused-ring (bicyclic) bond motifs is 1. The molecule has 2 aromatic carbocycles. The second-order valence-corrected chi connectivity index (χ2v) is 7.95. The van der Waals surface area contributed by atoms with Gasteiger partial charge in [0.25, 0.3) is 12.3 Å². The summed E-state index contributed by atoms with van der Waals surface area (Å²) in [7, 11) is 0. The lowest BCUT2D eigenvalue weighted by Gasteiger charge is -2.12. The Labute approximate surface area is 190 Å². The Morgan fingerprint density at radius 2 is 1.91 bits per heavy atom. The highest BCUT2D eigenvalue weighted by atomic mass is 32.1. The van der Waals surface area contributed by atoms with Gasteiger partial charge in [-0.3, -0.25) is 24.3 Å². The molecule has 2 amide bonds. The summed E-state index contributed by atoms with van der Waals surface area (Å²) < 4.78 is 27.5. The zero-order valence-corrected chi connectivity index (χ0v) is 17.7. The molecule has 10 heteroatoms. The van der Waals surface area contributed by atoms with E-state index in [0.29, 0.717) is 45.6 Å². The highest BCUT2D eigenvalue weighted by Crippen LogP contribution is 2.30. The van der Waals surface area contributed by atoms with Crippen LogP contribution in [0.2, 0.25) is 0 Å². The van der Waals surface area contributed by atoms with Crippen LogP contribution in [0, 0.1) is 0 Å². The van der Waals surface area contributed by atoms with Gasteiger partial charge in [0.1, 0.15) is 6.29 Å². The van der Waals surface area contributed by atoms with E-state index in [1.165, 1.54) is 12.1 Å². The quantitative estimate of drug-likeness (QED) is 0.289. The molecule has 2 heterocycles. The Kier molecular flexibility index (Phi) is 6.09. The molecule has 0 bridgehead atoms. The number of aromatic nitrogens is 2. The van der Waals surface area contributed by atoms with Crippen LogP contribution in [0.4, 0.5) is 20.4 Å². The van der Waals surface area contributed by atoms with E-state index in [1.54, 1.807) is 47.0 Å². The number of benzene rings is 2. The van der Waals surface area contributed by atoms with Crippen molar-refractivity contribution in [2.45, 2.75) is 6.43 Å². The third-order valence-electron chi connectivity index (χ3n) is 4.66. The van der Waals surface area contributed by atoms with Crippen molar-refractivity contribution in [2.24, 2.45) is 0 Å². The molecule has 0 saturated carbocycles. The molecule has 166 valence electrons. The van der Waals surface area contributed by atoms with Crippen molar-refractivity contribution in [3.05, 3.63) is 82.6 Å². The van der Waals surface area contributed by atoms with Crippen LogP contribution < -0.4 is 10.6 Å². The van der Waals surface area contributed by atoms with Gasteiger partial charge >= 0.3 is 0 Å². The minimum absolute atomic E-state index is 0.101. The molecule has 0 unspecified atom stereocenters. The number of alkyl halides is 2. The summed E-state index contributed by atoms with van der Waals surface area (Å²) in [6.07, 6.45) is -0.850. The summed E-state index contributed by atoms with van der Waals surface area (Å²) in [4.78, 5) is 40.0. The number of nitrogens with one attached hydrogen (secondary N) is 2. The van der Waals surface area contributed by atoms with Crippen LogP contribution in [-0.2, 0) is 4.79 Å². The first kappa shape index (κ1) is 22.0. The van der Waals surface area contributed by atoms with Gasteiger partial charge < -0.3 is 5.32 Å². The second kappa shape index (κ2) is 9.13. The third kappa shape index (κ3) is 4.55. The predicted molar refractivity (Wildman–Crippen MR) is 123 cm³/mol. The number of aldehydes is 1. The largest absolute Gasteiger partial charge is 0.322 e. The van der Waals surface area contributed by atoms with E-state index in [0.717, 1.165) is 6.08 Å². The number of rotatable bonds is 7. The van der Waals surface area contributed by atoms with Crippen LogP contribution in [0.25, 0.3) is 16.7 Å². The molecule has 0 aliphatic rings. The Morgan fingerprint density at radius 3 is 2.61 bits per heavy atom. The number of hydrogen-bond acceptors (Lipinski definition) is 5. The maximum Gasteiger partial charge on any atom is 0.272 e. The van der Waals surface area contributed by atoms with Crippen molar-refractivity contribution in [1.82, 2.24) is 9.55 Å². The van der Waals surface area contributed by atoms with E-state index in [2.05, 4.69) is 22.2 Å². The second-order valence-electron chi connectivity index (χ2n) is 6.84. The zero-order valence-electron chi connectivity index (χ0n) is 16.9. The molecule has 0 spiro atoms. The normalized spacial score (nSPS) is 10.9. The summed E-state index contributed by atoms with van der Waals surface area (Å²) in [5.41, 5.74) is 2.48. The first-order valence-electron chi connectivity index (χ1n) is 9.60. The molecular weight excluding hydrogens is 450 g/mol. The molecule has 33 heavy (non-hydrogen) atoms. The number of carbonyl (C=O) groups excluding carboxylic acids is 3. The van der Waals surface area contributed by atoms with E-state index in [-0.39, 0.29) is 21.6 Å². The molecule has 4 rings (SSSR count). The fourth-order valence-corrected chi connectivity index (χ4v) is 3.95. The van der Waals surface area contributed by atoms with E-state index in [9.17, 15) is 23.2 Å². The van der Waals surface area contributed by atoms with Gasteiger partial charge in [-0.1, -0.05) is 12.6 Å². The van der Waals surface area contributed by atoms with E-state index in [4.69, 9.17) is 0 Å². The van der Waals surface area contributed by atoms with Gasteiger partial charge in [0.2, 0.25) is 11.9 Å². The molecule has 0 saturated heterocycles. The van der Waals surface area contributed by atoms with Gasteiger partial charge in [-0.25, -0.2) is 13.8 Å². The van der Waals surface area contributed by atoms with Crippen molar-refractivity contribution < 1.29 is 23.2 Å². The Hall–Kier alpha value is -4.18. The van der Waals surface area contributed by atoms with Gasteiger partial charge in [-0.15, -0.1) is 11.3 Å². The Balaban J connectivity index is 1.79.